The molecule has 0 bridgehead atoms. The van der Waals surface area contributed by atoms with Crippen LogP contribution in [-0.2, 0) is 13.0 Å². The molecule has 0 saturated carbocycles. The van der Waals surface area contributed by atoms with Gasteiger partial charge in [-0.2, -0.15) is 0 Å². The number of para-hydroxylation sites is 1. The van der Waals surface area contributed by atoms with E-state index in [1.807, 2.05) is 12.1 Å². The molecule has 4 nitrogen and oxygen atoms in total. The molecular weight excluding hydrogens is 395 g/mol. The molecule has 150 valence electrons. The number of aryl methyl sites for hydroxylation is 1. The van der Waals surface area contributed by atoms with E-state index in [0.29, 0.717) is 5.58 Å². The SMILES string of the molecule is CCc1ccc2oc(=O)cc(C[NH+]3CC[NH+](c4ccccc4)CC3)c2c1.[Cl-].[Cl-]. The fraction of sp³-hybridized carbons (Fsp3) is 0.318. The molecule has 28 heavy (non-hydrogen) atoms. The van der Waals surface area contributed by atoms with Crippen molar-refractivity contribution in [2.45, 2.75) is 19.9 Å². The first-order valence-corrected chi connectivity index (χ1v) is 9.52. The average Bonchev–Trinajstić information content (AvgIpc) is 2.69. The van der Waals surface area contributed by atoms with Crippen molar-refractivity contribution < 1.29 is 39.0 Å². The van der Waals surface area contributed by atoms with Gasteiger partial charge in [-0.25, -0.2) is 4.79 Å². The van der Waals surface area contributed by atoms with E-state index in [9.17, 15) is 4.79 Å². The highest BCUT2D eigenvalue weighted by molar-refractivity contribution is 5.80. The fourth-order valence-corrected chi connectivity index (χ4v) is 3.96. The maximum atomic E-state index is 12.0. The molecule has 2 N–H and O–H groups in total. The lowest BCUT2D eigenvalue weighted by Crippen LogP contribution is -3.25. The molecule has 0 radical (unpaired) electrons. The molecule has 0 unspecified atom stereocenters. The van der Waals surface area contributed by atoms with E-state index in [1.54, 1.807) is 15.9 Å². The van der Waals surface area contributed by atoms with Crippen LogP contribution in [0.15, 0.2) is 63.8 Å². The lowest BCUT2D eigenvalue weighted by molar-refractivity contribution is -0.994. The van der Waals surface area contributed by atoms with Crippen LogP contribution in [0, 0.1) is 0 Å². The Morgan fingerprint density at radius 3 is 2.32 bits per heavy atom. The van der Waals surface area contributed by atoms with E-state index in [2.05, 4.69) is 43.3 Å². The summed E-state index contributed by atoms with van der Waals surface area (Å²) in [4.78, 5) is 15.1. The van der Waals surface area contributed by atoms with Crippen molar-refractivity contribution in [3.8, 4) is 0 Å². The van der Waals surface area contributed by atoms with Crippen LogP contribution in [0.4, 0.5) is 5.69 Å². The Morgan fingerprint density at radius 1 is 0.929 bits per heavy atom. The smallest absolute Gasteiger partial charge is 0.336 e. The van der Waals surface area contributed by atoms with E-state index in [0.717, 1.165) is 50.1 Å². The molecular formula is C22H26Cl2N2O2. The van der Waals surface area contributed by atoms with E-state index in [1.165, 1.54) is 11.3 Å². The molecule has 2 heterocycles. The van der Waals surface area contributed by atoms with Gasteiger partial charge in [-0.05, 0) is 36.2 Å². The topological polar surface area (TPSA) is 39.1 Å². The monoisotopic (exact) mass is 420 g/mol. The number of rotatable bonds is 4. The second-order valence-electron chi connectivity index (χ2n) is 7.17. The van der Waals surface area contributed by atoms with Gasteiger partial charge in [0.05, 0.1) is 0 Å². The molecule has 2 aromatic carbocycles. The van der Waals surface area contributed by atoms with Crippen LogP contribution in [0.3, 0.4) is 0 Å². The van der Waals surface area contributed by atoms with Gasteiger partial charge in [0.1, 0.15) is 44.0 Å². The van der Waals surface area contributed by atoms with Gasteiger partial charge in [-0.3, -0.25) is 4.90 Å². The van der Waals surface area contributed by atoms with Crippen LogP contribution in [0.25, 0.3) is 11.0 Å². The highest BCUT2D eigenvalue weighted by atomic mass is 35.5. The molecule has 1 aromatic heterocycles. The second-order valence-corrected chi connectivity index (χ2v) is 7.17. The quantitative estimate of drug-likeness (QED) is 0.415. The molecule has 0 spiro atoms. The maximum Gasteiger partial charge on any atom is 0.336 e. The molecule has 1 aliphatic heterocycles. The van der Waals surface area contributed by atoms with Crippen LogP contribution in [0.5, 0.6) is 0 Å². The number of hydrogen-bond donors (Lipinski definition) is 2. The third-order valence-electron chi connectivity index (χ3n) is 5.48. The third-order valence-corrected chi connectivity index (χ3v) is 5.48. The predicted octanol–water partition coefficient (Wildman–Crippen LogP) is -5.02. The summed E-state index contributed by atoms with van der Waals surface area (Å²) in [7, 11) is 0. The first-order chi connectivity index (χ1) is 12.7. The van der Waals surface area contributed by atoms with Crippen LogP contribution < -0.4 is 40.2 Å². The van der Waals surface area contributed by atoms with Crippen molar-refractivity contribution in [1.82, 2.24) is 0 Å². The van der Waals surface area contributed by atoms with Gasteiger partial charge >= 0.3 is 5.63 Å². The number of piperazine rings is 1. The van der Waals surface area contributed by atoms with Crippen molar-refractivity contribution in [1.29, 1.82) is 0 Å². The number of fused-ring (bicyclic) bond motifs is 1. The summed E-state index contributed by atoms with van der Waals surface area (Å²) in [6.45, 7) is 7.50. The molecule has 1 saturated heterocycles. The largest absolute Gasteiger partial charge is 1.00 e. The van der Waals surface area contributed by atoms with Crippen LogP contribution in [0.1, 0.15) is 18.1 Å². The molecule has 1 fully saturated rings. The summed E-state index contributed by atoms with van der Waals surface area (Å²) >= 11 is 0. The van der Waals surface area contributed by atoms with Crippen LogP contribution >= 0.6 is 0 Å². The van der Waals surface area contributed by atoms with Gasteiger partial charge in [0.2, 0.25) is 0 Å². The van der Waals surface area contributed by atoms with Gasteiger partial charge in [0, 0.05) is 17.0 Å². The predicted molar refractivity (Wildman–Crippen MR) is 103 cm³/mol. The summed E-state index contributed by atoms with van der Waals surface area (Å²) in [6, 6.07) is 18.6. The zero-order valence-electron chi connectivity index (χ0n) is 16.0. The molecule has 6 heteroatoms. The minimum Gasteiger partial charge on any atom is -1.00 e. The summed E-state index contributed by atoms with van der Waals surface area (Å²) < 4.78 is 5.40. The Balaban J connectivity index is 0.00000140. The Bertz CT molecular complexity index is 952. The Kier molecular flexibility index (Phi) is 8.08. The van der Waals surface area contributed by atoms with Crippen molar-refractivity contribution in [2.75, 3.05) is 26.2 Å². The number of quaternary nitrogens is 2. The summed E-state index contributed by atoms with van der Waals surface area (Å²) in [5.41, 5.74) is 4.23. The van der Waals surface area contributed by atoms with Gasteiger partial charge in [0.25, 0.3) is 0 Å². The van der Waals surface area contributed by atoms with Crippen molar-refractivity contribution in [3.63, 3.8) is 0 Å². The lowest BCUT2D eigenvalue weighted by Gasteiger charge is -2.29. The fourth-order valence-electron chi connectivity index (χ4n) is 3.96. The number of benzene rings is 2. The second kappa shape index (κ2) is 10.1. The summed E-state index contributed by atoms with van der Waals surface area (Å²) in [6.07, 6.45) is 0.987. The molecule has 0 atom stereocenters. The summed E-state index contributed by atoms with van der Waals surface area (Å²) in [5.74, 6) is 0. The average molecular weight is 421 g/mol. The van der Waals surface area contributed by atoms with Crippen molar-refractivity contribution in [2.24, 2.45) is 0 Å². The van der Waals surface area contributed by atoms with E-state index < -0.39 is 0 Å². The molecule has 4 rings (SSSR count). The van der Waals surface area contributed by atoms with E-state index in [-0.39, 0.29) is 30.4 Å². The van der Waals surface area contributed by atoms with Crippen LogP contribution in [0.2, 0.25) is 0 Å². The van der Waals surface area contributed by atoms with Gasteiger partial charge in [-0.1, -0.05) is 31.2 Å². The molecule has 0 aliphatic carbocycles. The zero-order valence-corrected chi connectivity index (χ0v) is 17.5. The zero-order chi connectivity index (χ0) is 17.9. The highest BCUT2D eigenvalue weighted by Crippen LogP contribution is 2.18. The minimum atomic E-state index is -0.246. The molecule has 3 aromatic rings. The molecule has 1 aliphatic rings. The van der Waals surface area contributed by atoms with Gasteiger partial charge < -0.3 is 34.1 Å². The van der Waals surface area contributed by atoms with Crippen LogP contribution in [-0.4, -0.2) is 26.2 Å². The Morgan fingerprint density at radius 2 is 1.64 bits per heavy atom. The highest BCUT2D eigenvalue weighted by Gasteiger charge is 2.25. The summed E-state index contributed by atoms with van der Waals surface area (Å²) in [5, 5.41) is 1.09. The Labute approximate surface area is 178 Å². The van der Waals surface area contributed by atoms with Gasteiger partial charge in [0.15, 0.2) is 0 Å². The first-order valence-electron chi connectivity index (χ1n) is 9.52. The molecule has 0 amide bonds. The van der Waals surface area contributed by atoms with E-state index >= 15 is 0 Å². The third kappa shape index (κ3) is 4.95. The number of hydrogen-bond acceptors (Lipinski definition) is 2. The van der Waals surface area contributed by atoms with Crippen molar-refractivity contribution >= 4 is 16.7 Å². The maximum absolute atomic E-state index is 12.0. The lowest BCUT2D eigenvalue weighted by atomic mass is 10.0. The van der Waals surface area contributed by atoms with Crippen molar-refractivity contribution in [3.05, 3.63) is 76.1 Å². The van der Waals surface area contributed by atoms with E-state index in [4.69, 9.17) is 4.42 Å². The standard InChI is InChI=1S/C22H24N2O2.2ClH/c1-2-17-8-9-21-20(14-17)18(15-22(25)26-21)16-23-10-12-24(13-11-23)19-6-4-3-5-7-19;;/h3-9,14-15H,2,10-13,16H2,1H3;2*1H. The van der Waals surface area contributed by atoms with Gasteiger partial charge in [-0.15, -0.1) is 0 Å². The first kappa shape index (κ1) is 22.4. The number of nitrogens with one attached hydrogen (secondary N) is 2. The number of halogens is 2. The normalized spacial score (nSPS) is 18.9. The Hall–Kier alpha value is -1.85. The minimum absolute atomic E-state index is 0.